The van der Waals surface area contributed by atoms with Gasteiger partial charge in [0.15, 0.2) is 0 Å². The van der Waals surface area contributed by atoms with Crippen LogP contribution in [0.2, 0.25) is 0 Å². The van der Waals surface area contributed by atoms with Crippen LogP contribution >= 0.6 is 0 Å². The fourth-order valence-corrected chi connectivity index (χ4v) is 1.46. The highest BCUT2D eigenvalue weighted by molar-refractivity contribution is 5.84. The SMILES string of the molecule is COC(C)(C)CC(C)(NCC(F)(F)F)C(N)=O. The lowest BCUT2D eigenvalue weighted by molar-refractivity contribution is -0.138. The van der Waals surface area contributed by atoms with Crippen LogP contribution < -0.4 is 11.1 Å². The zero-order valence-electron chi connectivity index (χ0n) is 10.4. The maximum Gasteiger partial charge on any atom is 0.401 e. The normalized spacial score (nSPS) is 16.6. The van der Waals surface area contributed by atoms with Crippen molar-refractivity contribution in [1.29, 1.82) is 0 Å². The number of halogens is 3. The molecule has 7 heteroatoms. The highest BCUT2D eigenvalue weighted by atomic mass is 19.4. The van der Waals surface area contributed by atoms with Gasteiger partial charge in [0.2, 0.25) is 5.91 Å². The average molecular weight is 256 g/mol. The summed E-state index contributed by atoms with van der Waals surface area (Å²) < 4.78 is 41.4. The molecule has 0 aromatic heterocycles. The monoisotopic (exact) mass is 256 g/mol. The van der Waals surface area contributed by atoms with Crippen LogP contribution in [0.5, 0.6) is 0 Å². The van der Waals surface area contributed by atoms with Gasteiger partial charge in [-0.05, 0) is 20.8 Å². The molecule has 0 heterocycles. The van der Waals surface area contributed by atoms with Crippen molar-refractivity contribution in [1.82, 2.24) is 5.32 Å². The molecule has 0 saturated carbocycles. The van der Waals surface area contributed by atoms with Crippen molar-refractivity contribution in [2.75, 3.05) is 13.7 Å². The molecule has 0 aromatic carbocycles. The molecule has 0 aliphatic heterocycles. The lowest BCUT2D eigenvalue weighted by Crippen LogP contribution is -2.58. The van der Waals surface area contributed by atoms with Crippen molar-refractivity contribution in [3.05, 3.63) is 0 Å². The molecule has 1 amide bonds. The number of nitrogens with one attached hydrogen (secondary N) is 1. The molecule has 17 heavy (non-hydrogen) atoms. The van der Waals surface area contributed by atoms with Gasteiger partial charge in [-0.2, -0.15) is 13.2 Å². The van der Waals surface area contributed by atoms with Crippen LogP contribution in [-0.2, 0) is 9.53 Å². The Morgan fingerprint density at radius 3 is 2.06 bits per heavy atom. The third kappa shape index (κ3) is 5.88. The summed E-state index contributed by atoms with van der Waals surface area (Å²) in [6.07, 6.45) is -4.35. The summed E-state index contributed by atoms with van der Waals surface area (Å²) in [4.78, 5) is 11.3. The van der Waals surface area contributed by atoms with Gasteiger partial charge in [-0.25, -0.2) is 0 Å². The predicted octanol–water partition coefficient (Wildman–Crippen LogP) is 1.20. The van der Waals surface area contributed by atoms with Gasteiger partial charge in [-0.3, -0.25) is 10.1 Å². The Labute approximate surface area is 98.7 Å². The van der Waals surface area contributed by atoms with E-state index in [1.54, 1.807) is 13.8 Å². The quantitative estimate of drug-likeness (QED) is 0.750. The number of primary amides is 1. The van der Waals surface area contributed by atoms with E-state index in [2.05, 4.69) is 5.32 Å². The van der Waals surface area contributed by atoms with Crippen LogP contribution in [-0.4, -0.2) is 36.9 Å². The molecule has 4 nitrogen and oxygen atoms in total. The van der Waals surface area contributed by atoms with Crippen LogP contribution in [0.25, 0.3) is 0 Å². The first-order valence-electron chi connectivity index (χ1n) is 5.09. The van der Waals surface area contributed by atoms with Gasteiger partial charge in [0.25, 0.3) is 0 Å². The first-order chi connectivity index (χ1) is 7.42. The summed E-state index contributed by atoms with van der Waals surface area (Å²) in [5.74, 6) is -0.841. The number of carbonyl (C=O) groups excluding carboxylic acids is 1. The molecule has 0 aliphatic carbocycles. The third-order valence-electron chi connectivity index (χ3n) is 2.55. The molecule has 0 rings (SSSR count). The number of hydrogen-bond donors (Lipinski definition) is 2. The molecule has 1 atom stereocenters. The van der Waals surface area contributed by atoms with Crippen LogP contribution in [0.1, 0.15) is 27.2 Å². The van der Waals surface area contributed by atoms with E-state index >= 15 is 0 Å². The van der Waals surface area contributed by atoms with Crippen molar-refractivity contribution in [3.63, 3.8) is 0 Å². The van der Waals surface area contributed by atoms with E-state index in [0.29, 0.717) is 0 Å². The summed E-state index contributed by atoms with van der Waals surface area (Å²) in [6.45, 7) is 3.40. The van der Waals surface area contributed by atoms with E-state index in [9.17, 15) is 18.0 Å². The minimum atomic E-state index is -4.39. The van der Waals surface area contributed by atoms with E-state index in [0.717, 1.165) is 0 Å². The summed E-state index contributed by atoms with van der Waals surface area (Å²) in [5, 5.41) is 2.15. The fourth-order valence-electron chi connectivity index (χ4n) is 1.46. The molecule has 0 radical (unpaired) electrons. The predicted molar refractivity (Wildman–Crippen MR) is 57.4 cm³/mol. The minimum Gasteiger partial charge on any atom is -0.379 e. The molecule has 0 fully saturated rings. The molecule has 0 saturated heterocycles. The maximum atomic E-state index is 12.1. The number of hydrogen-bond acceptors (Lipinski definition) is 3. The number of nitrogens with two attached hydrogens (primary N) is 1. The standard InChI is InChI=1S/C10H19F3N2O2/c1-8(2,17-4)5-9(3,7(14)16)15-6-10(11,12)13/h15H,5-6H2,1-4H3,(H2,14,16). The zero-order chi connectivity index (χ0) is 13.9. The van der Waals surface area contributed by atoms with Crippen molar-refractivity contribution in [3.8, 4) is 0 Å². The molecule has 0 aromatic rings. The Balaban J connectivity index is 4.75. The largest absolute Gasteiger partial charge is 0.401 e. The minimum absolute atomic E-state index is 0.0436. The molecule has 1 unspecified atom stereocenters. The summed E-state index contributed by atoms with van der Waals surface area (Å²) >= 11 is 0. The van der Waals surface area contributed by atoms with Crippen molar-refractivity contribution in [2.45, 2.75) is 44.5 Å². The highest BCUT2D eigenvalue weighted by Crippen LogP contribution is 2.24. The maximum absolute atomic E-state index is 12.1. The second-order valence-electron chi connectivity index (χ2n) is 4.81. The number of carbonyl (C=O) groups is 1. The van der Waals surface area contributed by atoms with Crippen LogP contribution in [0.4, 0.5) is 13.2 Å². The first kappa shape index (κ1) is 16.2. The molecular weight excluding hydrogens is 237 g/mol. The molecular formula is C10H19F3N2O2. The van der Waals surface area contributed by atoms with Crippen molar-refractivity contribution < 1.29 is 22.7 Å². The van der Waals surface area contributed by atoms with Crippen molar-refractivity contribution in [2.24, 2.45) is 5.73 Å². The number of alkyl halides is 3. The lowest BCUT2D eigenvalue weighted by Gasteiger charge is -2.35. The van der Waals surface area contributed by atoms with Crippen LogP contribution in [0.15, 0.2) is 0 Å². The van der Waals surface area contributed by atoms with E-state index < -0.39 is 29.8 Å². The van der Waals surface area contributed by atoms with Crippen molar-refractivity contribution >= 4 is 5.91 Å². The molecule has 0 spiro atoms. The van der Waals surface area contributed by atoms with E-state index in [4.69, 9.17) is 10.5 Å². The smallest absolute Gasteiger partial charge is 0.379 e. The summed E-state index contributed by atoms with van der Waals surface area (Å²) in [5.41, 5.74) is 2.93. The topological polar surface area (TPSA) is 64.3 Å². The van der Waals surface area contributed by atoms with E-state index in [1.807, 2.05) is 0 Å². The zero-order valence-corrected chi connectivity index (χ0v) is 10.4. The fraction of sp³-hybridized carbons (Fsp3) is 0.900. The summed E-state index contributed by atoms with van der Waals surface area (Å²) in [7, 11) is 1.42. The van der Waals surface area contributed by atoms with Gasteiger partial charge in [0.05, 0.1) is 17.7 Å². The first-order valence-corrected chi connectivity index (χ1v) is 5.09. The number of ether oxygens (including phenoxy) is 1. The van der Waals surface area contributed by atoms with Gasteiger partial charge in [-0.1, -0.05) is 0 Å². The molecule has 0 aliphatic rings. The van der Waals surface area contributed by atoms with Gasteiger partial charge < -0.3 is 10.5 Å². The van der Waals surface area contributed by atoms with Gasteiger partial charge >= 0.3 is 6.18 Å². The van der Waals surface area contributed by atoms with E-state index in [-0.39, 0.29) is 6.42 Å². The number of methoxy groups -OCH3 is 1. The Morgan fingerprint density at radius 1 is 1.29 bits per heavy atom. The van der Waals surface area contributed by atoms with Gasteiger partial charge in [0, 0.05) is 13.5 Å². The van der Waals surface area contributed by atoms with Crippen LogP contribution in [0, 0.1) is 0 Å². The highest BCUT2D eigenvalue weighted by Gasteiger charge is 2.40. The average Bonchev–Trinajstić information content (AvgIpc) is 2.13. The Hall–Kier alpha value is -0.820. The Kier molecular flexibility index (Phi) is 4.97. The Morgan fingerprint density at radius 2 is 1.76 bits per heavy atom. The number of amides is 1. The second-order valence-corrected chi connectivity index (χ2v) is 4.81. The molecule has 3 N–H and O–H groups in total. The van der Waals surface area contributed by atoms with E-state index in [1.165, 1.54) is 14.0 Å². The molecule has 0 bridgehead atoms. The second kappa shape index (κ2) is 5.22. The Bertz CT molecular complexity index is 279. The molecule has 102 valence electrons. The van der Waals surface area contributed by atoms with Gasteiger partial charge in [-0.15, -0.1) is 0 Å². The third-order valence-corrected chi connectivity index (χ3v) is 2.55. The number of rotatable bonds is 6. The lowest BCUT2D eigenvalue weighted by atomic mass is 9.87. The van der Waals surface area contributed by atoms with Crippen LogP contribution in [0.3, 0.4) is 0 Å². The van der Waals surface area contributed by atoms with Gasteiger partial charge in [0.1, 0.15) is 0 Å². The summed E-state index contributed by atoms with van der Waals surface area (Å²) in [6, 6.07) is 0.